The standard InChI is InChI=1S/C18H15N/c1-2-8-15-13-18(14-9-4-3-5-10-14)19-17-12-7-6-11-16(15)17/h2-13H,1H3/b8-2-. The first-order valence-electron chi connectivity index (χ1n) is 6.46. The van der Waals surface area contributed by atoms with E-state index >= 15 is 0 Å². The lowest BCUT2D eigenvalue weighted by Gasteiger charge is -2.07. The first-order valence-corrected chi connectivity index (χ1v) is 6.46. The molecule has 0 atom stereocenters. The minimum atomic E-state index is 1.02. The first-order chi connectivity index (χ1) is 9.38. The summed E-state index contributed by atoms with van der Waals surface area (Å²) in [5, 5.41) is 1.19. The molecule has 1 aromatic heterocycles. The van der Waals surface area contributed by atoms with Gasteiger partial charge in [0.05, 0.1) is 11.2 Å². The largest absolute Gasteiger partial charge is 0.248 e. The van der Waals surface area contributed by atoms with Gasteiger partial charge in [-0.3, -0.25) is 0 Å². The van der Waals surface area contributed by atoms with Crippen LogP contribution in [0.5, 0.6) is 0 Å². The van der Waals surface area contributed by atoms with Crippen molar-refractivity contribution in [2.45, 2.75) is 6.92 Å². The molecule has 3 aromatic rings. The van der Waals surface area contributed by atoms with Crippen LogP contribution in [0.4, 0.5) is 0 Å². The molecular weight excluding hydrogens is 230 g/mol. The van der Waals surface area contributed by atoms with E-state index in [0.29, 0.717) is 0 Å². The van der Waals surface area contributed by atoms with Gasteiger partial charge in [-0.15, -0.1) is 0 Å². The Balaban J connectivity index is 2.28. The van der Waals surface area contributed by atoms with Gasteiger partial charge in [-0.1, -0.05) is 60.7 Å². The number of para-hydroxylation sites is 1. The second-order valence-electron chi connectivity index (χ2n) is 4.48. The quantitative estimate of drug-likeness (QED) is 0.623. The maximum absolute atomic E-state index is 4.75. The molecule has 0 aliphatic heterocycles. The number of benzene rings is 2. The maximum Gasteiger partial charge on any atom is 0.0715 e. The van der Waals surface area contributed by atoms with Gasteiger partial charge in [0.2, 0.25) is 0 Å². The zero-order valence-corrected chi connectivity index (χ0v) is 10.9. The smallest absolute Gasteiger partial charge is 0.0715 e. The van der Waals surface area contributed by atoms with Gasteiger partial charge >= 0.3 is 0 Å². The lowest BCUT2D eigenvalue weighted by atomic mass is 10.0. The fourth-order valence-electron chi connectivity index (χ4n) is 2.28. The monoisotopic (exact) mass is 245 g/mol. The number of rotatable bonds is 2. The summed E-state index contributed by atoms with van der Waals surface area (Å²) < 4.78 is 0. The van der Waals surface area contributed by atoms with Crippen molar-refractivity contribution in [3.8, 4) is 11.3 Å². The van der Waals surface area contributed by atoms with E-state index in [1.54, 1.807) is 0 Å². The van der Waals surface area contributed by atoms with E-state index in [2.05, 4.69) is 48.6 Å². The van der Waals surface area contributed by atoms with E-state index in [9.17, 15) is 0 Å². The predicted molar refractivity (Wildman–Crippen MR) is 81.9 cm³/mol. The summed E-state index contributed by atoms with van der Waals surface area (Å²) in [5.74, 6) is 0. The molecular formula is C18H15N. The molecule has 92 valence electrons. The number of hydrogen-bond acceptors (Lipinski definition) is 1. The summed E-state index contributed by atoms with van der Waals surface area (Å²) in [4.78, 5) is 4.75. The molecule has 1 heteroatoms. The summed E-state index contributed by atoms with van der Waals surface area (Å²) in [5.41, 5.74) is 4.43. The molecule has 2 aromatic carbocycles. The average Bonchev–Trinajstić information content (AvgIpc) is 2.48. The Kier molecular flexibility index (Phi) is 3.11. The van der Waals surface area contributed by atoms with Crippen molar-refractivity contribution in [3.63, 3.8) is 0 Å². The molecule has 0 saturated carbocycles. The van der Waals surface area contributed by atoms with E-state index < -0.39 is 0 Å². The predicted octanol–water partition coefficient (Wildman–Crippen LogP) is 4.93. The van der Waals surface area contributed by atoms with Gasteiger partial charge in [0.15, 0.2) is 0 Å². The van der Waals surface area contributed by atoms with Gasteiger partial charge in [-0.2, -0.15) is 0 Å². The third kappa shape index (κ3) is 2.27. The van der Waals surface area contributed by atoms with Crippen LogP contribution in [0.3, 0.4) is 0 Å². The molecule has 0 bridgehead atoms. The van der Waals surface area contributed by atoms with Gasteiger partial charge < -0.3 is 0 Å². The van der Waals surface area contributed by atoms with Gasteiger partial charge in [-0.05, 0) is 24.6 Å². The molecule has 19 heavy (non-hydrogen) atoms. The highest BCUT2D eigenvalue weighted by atomic mass is 14.7. The first kappa shape index (κ1) is 11.7. The molecule has 0 fully saturated rings. The highest BCUT2D eigenvalue weighted by Gasteiger charge is 2.04. The molecule has 0 N–H and O–H groups in total. The van der Waals surface area contributed by atoms with Crippen molar-refractivity contribution in [1.29, 1.82) is 0 Å². The maximum atomic E-state index is 4.75. The summed E-state index contributed by atoms with van der Waals surface area (Å²) >= 11 is 0. The number of nitrogens with zero attached hydrogens (tertiary/aromatic N) is 1. The van der Waals surface area contributed by atoms with Gasteiger partial charge in [0.25, 0.3) is 0 Å². The summed E-state index contributed by atoms with van der Waals surface area (Å²) in [6, 6.07) is 20.7. The molecule has 3 rings (SSSR count). The van der Waals surface area contributed by atoms with Crippen LogP contribution in [0.15, 0.2) is 66.7 Å². The molecule has 0 aliphatic rings. The van der Waals surface area contributed by atoms with E-state index in [1.165, 1.54) is 10.9 Å². The third-order valence-electron chi connectivity index (χ3n) is 3.16. The lowest BCUT2D eigenvalue weighted by Crippen LogP contribution is -1.88. The number of fused-ring (bicyclic) bond motifs is 1. The van der Waals surface area contributed by atoms with E-state index in [-0.39, 0.29) is 0 Å². The molecule has 0 spiro atoms. The number of pyridine rings is 1. The molecule has 0 saturated heterocycles. The van der Waals surface area contributed by atoms with Gasteiger partial charge in [0, 0.05) is 10.9 Å². The summed E-state index contributed by atoms with van der Waals surface area (Å²) in [7, 11) is 0. The molecule has 0 radical (unpaired) electrons. The summed E-state index contributed by atoms with van der Waals surface area (Å²) in [6.07, 6.45) is 4.20. The van der Waals surface area contributed by atoms with Crippen LogP contribution in [0.1, 0.15) is 12.5 Å². The number of allylic oxidation sites excluding steroid dienone is 1. The minimum Gasteiger partial charge on any atom is -0.248 e. The fourth-order valence-corrected chi connectivity index (χ4v) is 2.28. The van der Waals surface area contributed by atoms with Crippen molar-refractivity contribution in [1.82, 2.24) is 4.98 Å². The molecule has 0 unspecified atom stereocenters. The zero-order chi connectivity index (χ0) is 13.1. The minimum absolute atomic E-state index is 1.02. The Bertz CT molecular complexity index is 727. The lowest BCUT2D eigenvalue weighted by molar-refractivity contribution is 1.39. The number of aromatic nitrogens is 1. The SMILES string of the molecule is C/C=C\c1cc(-c2ccccc2)nc2ccccc12. The van der Waals surface area contributed by atoms with E-state index in [0.717, 1.165) is 16.8 Å². The van der Waals surface area contributed by atoms with Crippen LogP contribution < -0.4 is 0 Å². The normalized spacial score (nSPS) is 11.2. The van der Waals surface area contributed by atoms with Crippen molar-refractivity contribution >= 4 is 17.0 Å². The van der Waals surface area contributed by atoms with Crippen LogP contribution in [-0.2, 0) is 0 Å². The molecule has 0 amide bonds. The highest BCUT2D eigenvalue weighted by Crippen LogP contribution is 2.25. The second kappa shape index (κ2) is 5.07. The van der Waals surface area contributed by atoms with Crippen LogP contribution in [0.25, 0.3) is 28.2 Å². The van der Waals surface area contributed by atoms with Crippen molar-refractivity contribution < 1.29 is 0 Å². The Morgan fingerprint density at radius 1 is 0.895 bits per heavy atom. The molecule has 0 aliphatic carbocycles. The Labute approximate surface area is 113 Å². The van der Waals surface area contributed by atoms with Crippen LogP contribution in [0, 0.1) is 0 Å². The highest BCUT2D eigenvalue weighted by molar-refractivity contribution is 5.90. The molecule has 1 nitrogen and oxygen atoms in total. The molecule has 1 heterocycles. The average molecular weight is 245 g/mol. The summed E-state index contributed by atoms with van der Waals surface area (Å²) in [6.45, 7) is 2.04. The zero-order valence-electron chi connectivity index (χ0n) is 10.9. The fraction of sp³-hybridized carbons (Fsp3) is 0.0556. The van der Waals surface area contributed by atoms with Crippen molar-refractivity contribution in [2.24, 2.45) is 0 Å². The Morgan fingerprint density at radius 2 is 1.63 bits per heavy atom. The van der Waals surface area contributed by atoms with Crippen molar-refractivity contribution in [3.05, 3.63) is 72.3 Å². The Morgan fingerprint density at radius 3 is 2.42 bits per heavy atom. The van der Waals surface area contributed by atoms with Crippen LogP contribution in [0.2, 0.25) is 0 Å². The van der Waals surface area contributed by atoms with E-state index in [4.69, 9.17) is 4.98 Å². The van der Waals surface area contributed by atoms with Crippen molar-refractivity contribution in [2.75, 3.05) is 0 Å². The van der Waals surface area contributed by atoms with Gasteiger partial charge in [0.1, 0.15) is 0 Å². The topological polar surface area (TPSA) is 12.9 Å². The third-order valence-corrected chi connectivity index (χ3v) is 3.16. The Hall–Kier alpha value is -2.41. The van der Waals surface area contributed by atoms with E-state index in [1.807, 2.05) is 31.2 Å². The van der Waals surface area contributed by atoms with Crippen LogP contribution >= 0.6 is 0 Å². The second-order valence-corrected chi connectivity index (χ2v) is 4.48. The van der Waals surface area contributed by atoms with Crippen LogP contribution in [-0.4, -0.2) is 4.98 Å². The number of hydrogen-bond donors (Lipinski definition) is 0. The van der Waals surface area contributed by atoms with Gasteiger partial charge in [-0.25, -0.2) is 4.98 Å².